The van der Waals surface area contributed by atoms with E-state index < -0.39 is 11.8 Å². The standard InChI is InChI=1S/C18H19Cl2N5O3/c19-11-1-4-13(14(20)9-11)17-23-22-15(28-17)10-24-5-7-25(8-6-24)18(27)16(26)21-12-2-3-12/h1,4,9,12H,2-3,5-8,10H2,(H,21,26). The van der Waals surface area contributed by atoms with Gasteiger partial charge in [0.1, 0.15) is 0 Å². The summed E-state index contributed by atoms with van der Waals surface area (Å²) in [6.45, 7) is 2.69. The van der Waals surface area contributed by atoms with Crippen molar-refractivity contribution in [1.29, 1.82) is 0 Å². The molecule has 2 aliphatic rings. The van der Waals surface area contributed by atoms with Crippen molar-refractivity contribution in [3.05, 3.63) is 34.1 Å². The molecular weight excluding hydrogens is 405 g/mol. The van der Waals surface area contributed by atoms with Gasteiger partial charge in [0, 0.05) is 37.2 Å². The Labute approximate surface area is 171 Å². The van der Waals surface area contributed by atoms with Crippen LogP contribution in [0.4, 0.5) is 0 Å². The van der Waals surface area contributed by atoms with E-state index in [1.807, 2.05) is 0 Å². The summed E-state index contributed by atoms with van der Waals surface area (Å²) in [5.41, 5.74) is 0.627. The number of benzene rings is 1. The molecule has 1 aliphatic carbocycles. The number of aromatic nitrogens is 2. The maximum atomic E-state index is 12.2. The lowest BCUT2D eigenvalue weighted by Gasteiger charge is -2.33. The molecule has 4 rings (SSSR count). The van der Waals surface area contributed by atoms with Crippen LogP contribution < -0.4 is 5.32 Å². The zero-order valence-corrected chi connectivity index (χ0v) is 16.5. The van der Waals surface area contributed by atoms with Gasteiger partial charge in [0.2, 0.25) is 11.8 Å². The molecule has 8 nitrogen and oxygen atoms in total. The minimum absolute atomic E-state index is 0.179. The molecule has 2 fully saturated rings. The molecule has 0 unspecified atom stereocenters. The quantitative estimate of drug-likeness (QED) is 0.755. The minimum Gasteiger partial charge on any atom is -0.419 e. The molecule has 28 heavy (non-hydrogen) atoms. The molecule has 1 saturated carbocycles. The van der Waals surface area contributed by atoms with Crippen molar-refractivity contribution < 1.29 is 14.0 Å². The molecule has 10 heteroatoms. The Bertz CT molecular complexity index is 891. The molecule has 2 aromatic rings. The summed E-state index contributed by atoms with van der Waals surface area (Å²) in [6, 6.07) is 5.25. The third-order valence-corrected chi connectivity index (χ3v) is 5.30. The van der Waals surface area contributed by atoms with Gasteiger partial charge in [0.05, 0.1) is 17.1 Å². The van der Waals surface area contributed by atoms with E-state index in [-0.39, 0.29) is 6.04 Å². The Balaban J connectivity index is 1.31. The third kappa shape index (κ3) is 4.45. The summed E-state index contributed by atoms with van der Waals surface area (Å²) in [4.78, 5) is 27.7. The van der Waals surface area contributed by atoms with Crippen molar-refractivity contribution in [2.45, 2.75) is 25.4 Å². The topological polar surface area (TPSA) is 91.6 Å². The molecule has 0 atom stereocenters. The van der Waals surface area contributed by atoms with Gasteiger partial charge >= 0.3 is 11.8 Å². The Hall–Kier alpha value is -2.16. The third-order valence-electron chi connectivity index (χ3n) is 4.75. The van der Waals surface area contributed by atoms with Crippen molar-refractivity contribution in [3.8, 4) is 11.5 Å². The molecule has 2 amide bonds. The predicted octanol–water partition coefficient (Wildman–Crippen LogP) is 1.97. The summed E-state index contributed by atoms with van der Waals surface area (Å²) in [6.07, 6.45) is 1.92. The van der Waals surface area contributed by atoms with E-state index >= 15 is 0 Å². The van der Waals surface area contributed by atoms with Gasteiger partial charge in [-0.25, -0.2) is 0 Å². The fourth-order valence-corrected chi connectivity index (χ4v) is 3.50. The highest BCUT2D eigenvalue weighted by atomic mass is 35.5. The van der Waals surface area contributed by atoms with E-state index in [1.165, 1.54) is 0 Å². The van der Waals surface area contributed by atoms with Gasteiger partial charge in [-0.3, -0.25) is 14.5 Å². The summed E-state index contributed by atoms with van der Waals surface area (Å²) in [7, 11) is 0. The molecule has 0 spiro atoms. The van der Waals surface area contributed by atoms with Gasteiger partial charge in [-0.15, -0.1) is 10.2 Å². The van der Waals surface area contributed by atoms with E-state index in [1.54, 1.807) is 23.1 Å². The average molecular weight is 424 g/mol. The molecule has 1 aliphatic heterocycles. The summed E-state index contributed by atoms with van der Waals surface area (Å²) in [5.74, 6) is -0.157. The van der Waals surface area contributed by atoms with Gasteiger partial charge in [-0.05, 0) is 31.0 Å². The molecule has 1 aromatic heterocycles. The van der Waals surface area contributed by atoms with Crippen LogP contribution in [0.1, 0.15) is 18.7 Å². The number of carbonyl (C=O) groups is 2. The number of nitrogens with one attached hydrogen (secondary N) is 1. The molecule has 1 aromatic carbocycles. The second kappa shape index (κ2) is 8.06. The second-order valence-corrected chi connectivity index (χ2v) is 7.78. The highest BCUT2D eigenvalue weighted by Crippen LogP contribution is 2.29. The first-order valence-electron chi connectivity index (χ1n) is 9.09. The van der Waals surface area contributed by atoms with Crippen molar-refractivity contribution >= 4 is 35.0 Å². The first kappa shape index (κ1) is 19.2. The van der Waals surface area contributed by atoms with Crippen LogP contribution in [0.25, 0.3) is 11.5 Å². The van der Waals surface area contributed by atoms with Gasteiger partial charge in [0.25, 0.3) is 0 Å². The highest BCUT2D eigenvalue weighted by Gasteiger charge is 2.31. The maximum absolute atomic E-state index is 12.2. The zero-order chi connectivity index (χ0) is 19.7. The first-order valence-corrected chi connectivity index (χ1v) is 9.85. The Morgan fingerprint density at radius 1 is 1.14 bits per heavy atom. The smallest absolute Gasteiger partial charge is 0.311 e. The largest absolute Gasteiger partial charge is 0.419 e. The molecule has 0 radical (unpaired) electrons. The Morgan fingerprint density at radius 3 is 2.57 bits per heavy atom. The number of halogens is 2. The van der Waals surface area contributed by atoms with Crippen LogP contribution >= 0.6 is 23.2 Å². The fourth-order valence-electron chi connectivity index (χ4n) is 3.01. The SMILES string of the molecule is O=C(NC1CC1)C(=O)N1CCN(Cc2nnc(-c3ccc(Cl)cc3Cl)o2)CC1. The maximum Gasteiger partial charge on any atom is 0.311 e. The van der Waals surface area contributed by atoms with E-state index in [2.05, 4.69) is 20.4 Å². The molecule has 0 bridgehead atoms. The van der Waals surface area contributed by atoms with E-state index in [0.29, 0.717) is 60.1 Å². The van der Waals surface area contributed by atoms with Gasteiger partial charge in [-0.2, -0.15) is 0 Å². The fraction of sp³-hybridized carbons (Fsp3) is 0.444. The molecular formula is C18H19Cl2N5O3. The van der Waals surface area contributed by atoms with E-state index in [9.17, 15) is 9.59 Å². The Kier molecular flexibility index (Phi) is 5.52. The second-order valence-electron chi connectivity index (χ2n) is 6.94. The lowest BCUT2D eigenvalue weighted by Crippen LogP contribution is -2.52. The lowest BCUT2D eigenvalue weighted by atomic mass is 10.2. The van der Waals surface area contributed by atoms with Crippen LogP contribution in [-0.2, 0) is 16.1 Å². The van der Waals surface area contributed by atoms with Crippen LogP contribution in [-0.4, -0.2) is 64.0 Å². The number of amides is 2. The van der Waals surface area contributed by atoms with Crippen LogP contribution in [0.2, 0.25) is 10.0 Å². The summed E-state index contributed by atoms with van der Waals surface area (Å²) >= 11 is 12.1. The summed E-state index contributed by atoms with van der Waals surface area (Å²) < 4.78 is 5.72. The molecule has 1 saturated heterocycles. The van der Waals surface area contributed by atoms with E-state index in [0.717, 1.165) is 12.8 Å². The van der Waals surface area contributed by atoms with Crippen molar-refractivity contribution in [2.24, 2.45) is 0 Å². The van der Waals surface area contributed by atoms with Crippen LogP contribution in [0.5, 0.6) is 0 Å². The van der Waals surface area contributed by atoms with Crippen LogP contribution in [0.15, 0.2) is 22.6 Å². The van der Waals surface area contributed by atoms with Crippen LogP contribution in [0.3, 0.4) is 0 Å². The molecule has 148 valence electrons. The van der Waals surface area contributed by atoms with Gasteiger partial charge < -0.3 is 14.6 Å². The lowest BCUT2D eigenvalue weighted by molar-refractivity contribution is -0.147. The van der Waals surface area contributed by atoms with Crippen LogP contribution in [0, 0.1) is 0 Å². The number of nitrogens with zero attached hydrogens (tertiary/aromatic N) is 4. The predicted molar refractivity (Wildman–Crippen MR) is 103 cm³/mol. The average Bonchev–Trinajstić information content (AvgIpc) is 3.38. The molecule has 1 N–H and O–H groups in total. The monoisotopic (exact) mass is 423 g/mol. The van der Waals surface area contributed by atoms with E-state index in [4.69, 9.17) is 27.6 Å². The van der Waals surface area contributed by atoms with Gasteiger partial charge in [0.15, 0.2) is 0 Å². The number of rotatable bonds is 4. The first-order chi connectivity index (χ1) is 13.5. The van der Waals surface area contributed by atoms with Gasteiger partial charge in [-0.1, -0.05) is 23.2 Å². The van der Waals surface area contributed by atoms with Crippen molar-refractivity contribution in [2.75, 3.05) is 26.2 Å². The zero-order valence-electron chi connectivity index (χ0n) is 15.0. The Morgan fingerprint density at radius 2 is 1.89 bits per heavy atom. The minimum atomic E-state index is -0.502. The number of carbonyl (C=O) groups excluding carboxylic acids is 2. The normalized spacial score (nSPS) is 17.6. The molecule has 2 heterocycles. The summed E-state index contributed by atoms with van der Waals surface area (Å²) in [5, 5.41) is 11.8. The van der Waals surface area contributed by atoms with Crippen molar-refractivity contribution in [3.63, 3.8) is 0 Å². The number of hydrogen-bond donors (Lipinski definition) is 1. The highest BCUT2D eigenvalue weighted by molar-refractivity contribution is 6.36. The number of hydrogen-bond acceptors (Lipinski definition) is 6. The number of piperazine rings is 1. The van der Waals surface area contributed by atoms with Crippen molar-refractivity contribution in [1.82, 2.24) is 25.3 Å².